The number of imide groups is 1. The van der Waals surface area contributed by atoms with Crippen LogP contribution < -0.4 is 10.9 Å². The highest BCUT2D eigenvalue weighted by molar-refractivity contribution is 6.05. The lowest BCUT2D eigenvalue weighted by Gasteiger charge is -2.19. The monoisotopic (exact) mass is 370 g/mol. The van der Waals surface area contributed by atoms with Crippen molar-refractivity contribution >= 4 is 17.8 Å². The SMILES string of the molecule is CC(C)(C)c1ccc(C(=O)NC(=O)COC(=O)Cn2ccccc2=O)cc1. The molecule has 142 valence electrons. The van der Waals surface area contributed by atoms with Gasteiger partial charge in [0.2, 0.25) is 0 Å². The van der Waals surface area contributed by atoms with Gasteiger partial charge in [0.05, 0.1) is 0 Å². The molecule has 0 spiro atoms. The minimum atomic E-state index is -0.750. The van der Waals surface area contributed by atoms with Gasteiger partial charge in [-0.1, -0.05) is 39.0 Å². The van der Waals surface area contributed by atoms with Gasteiger partial charge in [-0.2, -0.15) is 0 Å². The molecule has 1 aromatic carbocycles. The maximum absolute atomic E-state index is 12.1. The molecule has 2 rings (SSSR count). The standard InChI is InChI=1S/C20H22N2O5/c1-20(2,3)15-9-7-14(8-10-15)19(26)21-16(23)13-27-18(25)12-22-11-5-4-6-17(22)24/h4-11H,12-13H2,1-3H3,(H,21,23,26). The summed E-state index contributed by atoms with van der Waals surface area (Å²) in [6.45, 7) is 5.26. The number of benzene rings is 1. The Labute approximate surface area is 157 Å². The fourth-order valence-corrected chi connectivity index (χ4v) is 2.28. The molecule has 0 radical (unpaired) electrons. The third-order valence-corrected chi connectivity index (χ3v) is 3.83. The van der Waals surface area contributed by atoms with Crippen molar-refractivity contribution in [3.8, 4) is 0 Å². The molecule has 0 saturated carbocycles. The Morgan fingerprint density at radius 1 is 1.04 bits per heavy atom. The molecule has 0 aliphatic rings. The number of carbonyl (C=O) groups excluding carboxylic acids is 3. The van der Waals surface area contributed by atoms with Crippen molar-refractivity contribution in [2.24, 2.45) is 0 Å². The minimum absolute atomic E-state index is 0.0419. The van der Waals surface area contributed by atoms with Gasteiger partial charge in [0, 0.05) is 17.8 Å². The predicted octanol–water partition coefficient (Wildman–Crippen LogP) is 1.65. The van der Waals surface area contributed by atoms with E-state index in [4.69, 9.17) is 4.74 Å². The van der Waals surface area contributed by atoms with Gasteiger partial charge in [0.15, 0.2) is 6.61 Å². The molecule has 7 nitrogen and oxygen atoms in total. The largest absolute Gasteiger partial charge is 0.454 e. The lowest BCUT2D eigenvalue weighted by molar-refractivity contribution is -0.148. The number of esters is 1. The molecule has 0 aliphatic heterocycles. The first-order chi connectivity index (χ1) is 12.7. The Morgan fingerprint density at radius 2 is 1.70 bits per heavy atom. The van der Waals surface area contributed by atoms with E-state index in [1.54, 1.807) is 24.3 Å². The van der Waals surface area contributed by atoms with Crippen molar-refractivity contribution in [2.75, 3.05) is 6.61 Å². The van der Waals surface area contributed by atoms with Crippen LogP contribution in [0.25, 0.3) is 0 Å². The fraction of sp³-hybridized carbons (Fsp3) is 0.300. The van der Waals surface area contributed by atoms with E-state index in [-0.39, 0.29) is 17.5 Å². The van der Waals surface area contributed by atoms with Gasteiger partial charge in [0.25, 0.3) is 17.4 Å². The van der Waals surface area contributed by atoms with Crippen LogP contribution >= 0.6 is 0 Å². The number of carbonyl (C=O) groups is 3. The van der Waals surface area contributed by atoms with Gasteiger partial charge in [-0.05, 0) is 29.2 Å². The van der Waals surface area contributed by atoms with Crippen LogP contribution in [-0.4, -0.2) is 29.0 Å². The molecule has 1 N–H and O–H groups in total. The number of nitrogens with one attached hydrogen (secondary N) is 1. The number of hydrogen-bond donors (Lipinski definition) is 1. The molecule has 2 amide bonds. The second kappa shape index (κ2) is 8.44. The molecular weight excluding hydrogens is 348 g/mol. The number of hydrogen-bond acceptors (Lipinski definition) is 5. The Bertz CT molecular complexity index is 892. The van der Waals surface area contributed by atoms with Crippen LogP contribution in [0.5, 0.6) is 0 Å². The molecule has 1 aromatic heterocycles. The highest BCUT2D eigenvalue weighted by atomic mass is 16.5. The number of rotatable bonds is 5. The Kier molecular flexibility index (Phi) is 6.28. The summed E-state index contributed by atoms with van der Waals surface area (Å²) in [6.07, 6.45) is 1.44. The number of nitrogens with zero attached hydrogens (tertiary/aromatic N) is 1. The van der Waals surface area contributed by atoms with E-state index in [1.165, 1.54) is 12.3 Å². The van der Waals surface area contributed by atoms with Crippen LogP contribution in [0.4, 0.5) is 0 Å². The Morgan fingerprint density at radius 3 is 2.30 bits per heavy atom. The fourth-order valence-electron chi connectivity index (χ4n) is 2.28. The molecule has 0 bridgehead atoms. The summed E-state index contributed by atoms with van der Waals surface area (Å²) >= 11 is 0. The summed E-state index contributed by atoms with van der Waals surface area (Å²) in [7, 11) is 0. The lowest BCUT2D eigenvalue weighted by atomic mass is 9.87. The molecule has 27 heavy (non-hydrogen) atoms. The predicted molar refractivity (Wildman–Crippen MR) is 99.3 cm³/mol. The zero-order valence-corrected chi connectivity index (χ0v) is 15.5. The van der Waals surface area contributed by atoms with Gasteiger partial charge in [-0.3, -0.25) is 24.5 Å². The summed E-state index contributed by atoms with van der Waals surface area (Å²) in [4.78, 5) is 47.1. The lowest BCUT2D eigenvalue weighted by Crippen LogP contribution is -2.35. The third kappa shape index (κ3) is 5.91. The normalized spacial score (nSPS) is 10.9. The van der Waals surface area contributed by atoms with Crippen molar-refractivity contribution in [3.63, 3.8) is 0 Å². The molecular formula is C20H22N2O5. The zero-order chi connectivity index (χ0) is 20.0. The number of ether oxygens (including phenoxy) is 1. The van der Waals surface area contributed by atoms with E-state index in [0.29, 0.717) is 5.56 Å². The average molecular weight is 370 g/mol. The summed E-state index contributed by atoms with van der Waals surface area (Å²) in [5, 5.41) is 2.16. The maximum Gasteiger partial charge on any atom is 0.326 e. The van der Waals surface area contributed by atoms with Crippen LogP contribution in [-0.2, 0) is 26.3 Å². The summed E-state index contributed by atoms with van der Waals surface area (Å²) < 4.78 is 5.96. The van der Waals surface area contributed by atoms with Crippen LogP contribution in [0.1, 0.15) is 36.7 Å². The van der Waals surface area contributed by atoms with E-state index in [9.17, 15) is 19.2 Å². The van der Waals surface area contributed by atoms with E-state index in [0.717, 1.165) is 10.1 Å². The van der Waals surface area contributed by atoms with Crippen LogP contribution in [0.2, 0.25) is 0 Å². The highest BCUT2D eigenvalue weighted by Crippen LogP contribution is 2.22. The van der Waals surface area contributed by atoms with Gasteiger partial charge in [-0.25, -0.2) is 0 Å². The van der Waals surface area contributed by atoms with Crippen molar-refractivity contribution in [1.82, 2.24) is 9.88 Å². The van der Waals surface area contributed by atoms with Gasteiger partial charge >= 0.3 is 5.97 Å². The first-order valence-corrected chi connectivity index (χ1v) is 8.42. The number of pyridine rings is 1. The second-order valence-corrected chi connectivity index (χ2v) is 7.03. The molecule has 0 unspecified atom stereocenters. The maximum atomic E-state index is 12.1. The van der Waals surface area contributed by atoms with E-state index in [2.05, 4.69) is 26.1 Å². The van der Waals surface area contributed by atoms with E-state index in [1.807, 2.05) is 12.1 Å². The summed E-state index contributed by atoms with van der Waals surface area (Å²) in [6, 6.07) is 11.4. The Hall–Kier alpha value is -3.22. The molecule has 2 aromatic rings. The van der Waals surface area contributed by atoms with Crippen LogP contribution in [0.15, 0.2) is 53.5 Å². The molecule has 0 saturated heterocycles. The van der Waals surface area contributed by atoms with Gasteiger partial charge < -0.3 is 9.30 Å². The molecule has 0 aliphatic carbocycles. The second-order valence-electron chi connectivity index (χ2n) is 7.03. The third-order valence-electron chi connectivity index (χ3n) is 3.83. The van der Waals surface area contributed by atoms with E-state index >= 15 is 0 Å². The molecule has 0 fully saturated rings. The van der Waals surface area contributed by atoms with E-state index < -0.39 is 24.4 Å². The highest BCUT2D eigenvalue weighted by Gasteiger charge is 2.16. The summed E-state index contributed by atoms with van der Waals surface area (Å²) in [5.41, 5.74) is 1.00. The van der Waals surface area contributed by atoms with Crippen molar-refractivity contribution < 1.29 is 19.1 Å². The topological polar surface area (TPSA) is 94.5 Å². The average Bonchev–Trinajstić information content (AvgIpc) is 2.61. The molecule has 1 heterocycles. The van der Waals surface area contributed by atoms with Crippen molar-refractivity contribution in [1.29, 1.82) is 0 Å². The summed E-state index contributed by atoms with van der Waals surface area (Å²) in [5.74, 6) is -2.06. The van der Waals surface area contributed by atoms with Gasteiger partial charge in [0.1, 0.15) is 6.54 Å². The minimum Gasteiger partial charge on any atom is -0.454 e. The molecule has 7 heteroatoms. The number of amides is 2. The van der Waals surface area contributed by atoms with Gasteiger partial charge in [-0.15, -0.1) is 0 Å². The first-order valence-electron chi connectivity index (χ1n) is 8.42. The molecule has 0 atom stereocenters. The Balaban J connectivity index is 1.84. The first kappa shape index (κ1) is 20.1. The van der Waals surface area contributed by atoms with Crippen LogP contribution in [0.3, 0.4) is 0 Å². The van der Waals surface area contributed by atoms with Crippen molar-refractivity contribution in [2.45, 2.75) is 32.7 Å². The zero-order valence-electron chi connectivity index (χ0n) is 15.5. The van der Waals surface area contributed by atoms with Crippen LogP contribution in [0, 0.1) is 0 Å². The quantitative estimate of drug-likeness (QED) is 0.808. The number of aromatic nitrogens is 1. The smallest absolute Gasteiger partial charge is 0.326 e. The van der Waals surface area contributed by atoms with Crippen molar-refractivity contribution in [3.05, 3.63) is 70.1 Å².